The number of unbranched alkanes of at least 4 members (excludes halogenated alkanes) is 1. The number of aryl methyl sites for hydroxylation is 2. The summed E-state index contributed by atoms with van der Waals surface area (Å²) in [6.07, 6.45) is 5.02. The van der Waals surface area contributed by atoms with Crippen LogP contribution in [0.2, 0.25) is 0 Å². The Hall–Kier alpha value is -4.26. The van der Waals surface area contributed by atoms with Gasteiger partial charge in [-0.05, 0) is 48.6 Å². The van der Waals surface area contributed by atoms with Gasteiger partial charge in [-0.2, -0.15) is 0 Å². The van der Waals surface area contributed by atoms with E-state index in [1.807, 2.05) is 37.3 Å². The van der Waals surface area contributed by atoms with Gasteiger partial charge in [-0.15, -0.1) is 0 Å². The molecule has 0 spiro atoms. The molecule has 0 saturated heterocycles. The predicted molar refractivity (Wildman–Crippen MR) is 135 cm³/mol. The van der Waals surface area contributed by atoms with Crippen molar-refractivity contribution < 1.29 is 24.2 Å². The minimum Gasteiger partial charge on any atom is -0.478 e. The van der Waals surface area contributed by atoms with Crippen molar-refractivity contribution >= 4 is 11.9 Å². The Labute approximate surface area is 209 Å². The van der Waals surface area contributed by atoms with Gasteiger partial charge in [-0.3, -0.25) is 0 Å². The van der Waals surface area contributed by atoms with Crippen LogP contribution >= 0.6 is 0 Å². The molecule has 0 saturated carbocycles. The number of hydrogen-bond donors (Lipinski definition) is 2. The molecule has 7 nitrogen and oxygen atoms in total. The quantitative estimate of drug-likeness (QED) is 0.285. The number of aromatic nitrogens is 2. The number of carbonyl (C=O) groups is 2. The molecule has 0 unspecified atom stereocenters. The van der Waals surface area contributed by atoms with Crippen LogP contribution in [-0.4, -0.2) is 32.1 Å². The third kappa shape index (κ3) is 5.51. The molecule has 0 bridgehead atoms. The molecular weight excluding hydrogens is 456 g/mol. The van der Waals surface area contributed by atoms with Gasteiger partial charge in [0.25, 0.3) is 0 Å². The van der Waals surface area contributed by atoms with Crippen molar-refractivity contribution in [2.24, 2.45) is 0 Å². The number of aromatic carboxylic acids is 2. The normalized spacial score (nSPS) is 10.9. The summed E-state index contributed by atoms with van der Waals surface area (Å²) in [4.78, 5) is 32.6. The standard InChI is InChI=1S/C29H28N2O5/c1-3-4-9-25-24(26(31-18(2)30-25)17-27-23(29(34)35)14-15-36-27)16-19-10-12-20(13-11-19)21-7-5-6-8-22(21)28(32)33/h5-8,10-15H,3-4,9,16-17H2,1-2H3,(H,32,33)(H,34,35). The predicted octanol–water partition coefficient (Wildman–Crippen LogP) is 5.97. The zero-order chi connectivity index (χ0) is 25.7. The number of benzene rings is 2. The number of hydrogen-bond acceptors (Lipinski definition) is 5. The number of carboxylic acids is 2. The van der Waals surface area contributed by atoms with Crippen LogP contribution in [-0.2, 0) is 19.3 Å². The first-order valence-electron chi connectivity index (χ1n) is 11.9. The molecule has 184 valence electrons. The highest BCUT2D eigenvalue weighted by atomic mass is 16.4. The first kappa shape index (κ1) is 24.9. The maximum atomic E-state index is 11.6. The lowest BCUT2D eigenvalue weighted by Gasteiger charge is -2.15. The molecule has 4 rings (SSSR count). The summed E-state index contributed by atoms with van der Waals surface area (Å²) >= 11 is 0. The van der Waals surface area contributed by atoms with Crippen LogP contribution in [0, 0.1) is 6.92 Å². The molecule has 2 aromatic heterocycles. The Morgan fingerprint density at radius 2 is 1.56 bits per heavy atom. The molecule has 0 aliphatic heterocycles. The summed E-state index contributed by atoms with van der Waals surface area (Å²) in [6, 6.07) is 16.2. The van der Waals surface area contributed by atoms with Gasteiger partial charge in [0, 0.05) is 24.1 Å². The van der Waals surface area contributed by atoms with Crippen LogP contribution in [0.3, 0.4) is 0 Å². The van der Waals surface area contributed by atoms with Gasteiger partial charge >= 0.3 is 11.9 Å². The average molecular weight is 485 g/mol. The van der Waals surface area contributed by atoms with E-state index in [1.165, 1.54) is 12.3 Å². The highest BCUT2D eigenvalue weighted by Crippen LogP contribution is 2.27. The topological polar surface area (TPSA) is 114 Å². The van der Waals surface area contributed by atoms with Crippen molar-refractivity contribution in [3.05, 3.63) is 106 Å². The lowest BCUT2D eigenvalue weighted by Crippen LogP contribution is -2.11. The summed E-state index contributed by atoms with van der Waals surface area (Å²) in [5, 5.41) is 19.0. The highest BCUT2D eigenvalue weighted by Gasteiger charge is 2.20. The van der Waals surface area contributed by atoms with Crippen LogP contribution in [0.25, 0.3) is 11.1 Å². The van der Waals surface area contributed by atoms with Gasteiger partial charge in [-0.1, -0.05) is 55.8 Å². The largest absolute Gasteiger partial charge is 0.478 e. The summed E-state index contributed by atoms with van der Waals surface area (Å²) < 4.78 is 5.50. The Kier molecular flexibility index (Phi) is 7.59. The second-order valence-electron chi connectivity index (χ2n) is 8.71. The van der Waals surface area contributed by atoms with E-state index in [4.69, 9.17) is 9.40 Å². The molecule has 0 atom stereocenters. The van der Waals surface area contributed by atoms with E-state index in [-0.39, 0.29) is 17.5 Å². The smallest absolute Gasteiger partial charge is 0.339 e. The zero-order valence-corrected chi connectivity index (χ0v) is 20.3. The van der Waals surface area contributed by atoms with Gasteiger partial charge in [0.15, 0.2) is 0 Å². The van der Waals surface area contributed by atoms with Crippen molar-refractivity contribution in [1.82, 2.24) is 9.97 Å². The van der Waals surface area contributed by atoms with Crippen LogP contribution in [0.1, 0.15) is 74.6 Å². The first-order chi connectivity index (χ1) is 17.4. The molecule has 0 amide bonds. The number of carboxylic acid groups (broad SMARTS) is 2. The van der Waals surface area contributed by atoms with Gasteiger partial charge in [0.1, 0.15) is 17.1 Å². The van der Waals surface area contributed by atoms with Crippen molar-refractivity contribution in [3.8, 4) is 11.1 Å². The summed E-state index contributed by atoms with van der Waals surface area (Å²) in [5.74, 6) is -0.988. The SMILES string of the molecule is CCCCc1nc(C)nc(Cc2occc2C(=O)O)c1Cc1ccc(-c2ccccc2C(=O)O)cc1. The van der Waals surface area contributed by atoms with E-state index >= 15 is 0 Å². The summed E-state index contributed by atoms with van der Waals surface area (Å²) in [7, 11) is 0. The number of nitrogens with zero attached hydrogens (tertiary/aromatic N) is 2. The fourth-order valence-electron chi connectivity index (χ4n) is 4.37. The third-order valence-electron chi connectivity index (χ3n) is 6.16. The van der Waals surface area contributed by atoms with E-state index in [0.717, 1.165) is 47.3 Å². The molecule has 7 heteroatoms. The molecule has 0 aliphatic rings. The van der Waals surface area contributed by atoms with Gasteiger partial charge in [-0.25, -0.2) is 19.6 Å². The fourth-order valence-corrected chi connectivity index (χ4v) is 4.37. The van der Waals surface area contributed by atoms with Crippen LogP contribution < -0.4 is 0 Å². The Morgan fingerprint density at radius 3 is 2.25 bits per heavy atom. The Balaban J connectivity index is 1.70. The second kappa shape index (κ2) is 11.0. The number of rotatable bonds is 10. The lowest BCUT2D eigenvalue weighted by molar-refractivity contribution is 0.0685. The Morgan fingerprint density at radius 1 is 0.861 bits per heavy atom. The molecule has 0 aliphatic carbocycles. The van der Waals surface area contributed by atoms with Crippen molar-refractivity contribution in [1.29, 1.82) is 0 Å². The van der Waals surface area contributed by atoms with E-state index in [2.05, 4.69) is 11.9 Å². The molecule has 36 heavy (non-hydrogen) atoms. The van der Waals surface area contributed by atoms with Gasteiger partial charge < -0.3 is 14.6 Å². The molecular formula is C29H28N2O5. The van der Waals surface area contributed by atoms with E-state index in [1.54, 1.807) is 18.2 Å². The summed E-state index contributed by atoms with van der Waals surface area (Å²) in [6.45, 7) is 3.97. The molecule has 2 heterocycles. The molecule has 0 fully saturated rings. The molecule has 0 radical (unpaired) electrons. The minimum absolute atomic E-state index is 0.133. The van der Waals surface area contributed by atoms with Gasteiger partial charge in [0.2, 0.25) is 0 Å². The maximum Gasteiger partial charge on any atom is 0.339 e. The third-order valence-corrected chi connectivity index (χ3v) is 6.16. The van der Waals surface area contributed by atoms with E-state index in [0.29, 0.717) is 23.6 Å². The average Bonchev–Trinajstić information content (AvgIpc) is 3.33. The fraction of sp³-hybridized carbons (Fsp3) is 0.241. The zero-order valence-electron chi connectivity index (χ0n) is 20.3. The molecule has 4 aromatic rings. The van der Waals surface area contributed by atoms with Crippen LogP contribution in [0.4, 0.5) is 0 Å². The van der Waals surface area contributed by atoms with Crippen molar-refractivity contribution in [2.45, 2.75) is 46.0 Å². The van der Waals surface area contributed by atoms with Crippen molar-refractivity contribution in [2.75, 3.05) is 0 Å². The first-order valence-corrected chi connectivity index (χ1v) is 11.9. The maximum absolute atomic E-state index is 11.6. The van der Waals surface area contributed by atoms with Crippen LogP contribution in [0.5, 0.6) is 0 Å². The Bertz CT molecular complexity index is 1390. The number of furan rings is 1. The minimum atomic E-state index is -1.03. The molecule has 2 aromatic carbocycles. The second-order valence-corrected chi connectivity index (χ2v) is 8.71. The van der Waals surface area contributed by atoms with E-state index < -0.39 is 11.9 Å². The summed E-state index contributed by atoms with van der Waals surface area (Å²) in [5.41, 5.74) is 5.59. The van der Waals surface area contributed by atoms with Crippen LogP contribution in [0.15, 0.2) is 65.3 Å². The van der Waals surface area contributed by atoms with E-state index in [9.17, 15) is 19.8 Å². The highest BCUT2D eigenvalue weighted by molar-refractivity contribution is 5.96. The monoisotopic (exact) mass is 484 g/mol. The van der Waals surface area contributed by atoms with Crippen molar-refractivity contribution in [3.63, 3.8) is 0 Å². The lowest BCUT2D eigenvalue weighted by atomic mass is 9.94. The molecule has 2 N–H and O–H groups in total. The van der Waals surface area contributed by atoms with Gasteiger partial charge in [0.05, 0.1) is 17.5 Å².